The van der Waals surface area contributed by atoms with E-state index in [1.54, 1.807) is 25.5 Å². The van der Waals surface area contributed by atoms with Gasteiger partial charge in [-0.25, -0.2) is 0 Å². The average molecular weight is 358 g/mol. The molecule has 1 aromatic heterocycles. The second-order valence-electron chi connectivity index (χ2n) is 6.60. The molecular formula is C20H26N2O4. The summed E-state index contributed by atoms with van der Waals surface area (Å²) < 4.78 is 16.3. The van der Waals surface area contributed by atoms with Crippen LogP contribution in [0.15, 0.2) is 47.1 Å². The predicted molar refractivity (Wildman–Crippen MR) is 98.3 cm³/mol. The number of hydrogen-bond donors (Lipinski definition) is 0. The fraction of sp³-hybridized carbons (Fsp3) is 0.450. The van der Waals surface area contributed by atoms with E-state index in [4.69, 9.17) is 13.9 Å². The molecule has 1 aromatic carbocycles. The highest BCUT2D eigenvalue weighted by Gasteiger charge is 2.28. The van der Waals surface area contributed by atoms with E-state index in [9.17, 15) is 4.79 Å². The lowest BCUT2D eigenvalue weighted by molar-refractivity contribution is -0.137. The van der Waals surface area contributed by atoms with E-state index < -0.39 is 0 Å². The number of furan rings is 1. The number of rotatable bonds is 7. The van der Waals surface area contributed by atoms with Crippen LogP contribution in [-0.4, -0.2) is 55.6 Å². The van der Waals surface area contributed by atoms with Gasteiger partial charge in [0.25, 0.3) is 5.91 Å². The first-order valence-corrected chi connectivity index (χ1v) is 8.93. The molecule has 0 spiro atoms. The van der Waals surface area contributed by atoms with Crippen molar-refractivity contribution in [3.8, 4) is 11.5 Å². The third-order valence-electron chi connectivity index (χ3n) is 4.78. The van der Waals surface area contributed by atoms with E-state index in [-0.39, 0.29) is 18.6 Å². The molecule has 0 bridgehead atoms. The van der Waals surface area contributed by atoms with E-state index in [0.717, 1.165) is 37.4 Å². The number of piperidine rings is 1. The summed E-state index contributed by atoms with van der Waals surface area (Å²) >= 11 is 0. The van der Waals surface area contributed by atoms with Crippen molar-refractivity contribution in [2.24, 2.45) is 0 Å². The van der Waals surface area contributed by atoms with Crippen LogP contribution in [0.25, 0.3) is 0 Å². The van der Waals surface area contributed by atoms with Crippen molar-refractivity contribution in [1.82, 2.24) is 9.80 Å². The molecule has 140 valence electrons. The number of carbonyl (C=O) groups is 1. The van der Waals surface area contributed by atoms with Gasteiger partial charge in [-0.15, -0.1) is 0 Å². The first kappa shape index (κ1) is 18.3. The number of benzene rings is 1. The second kappa shape index (κ2) is 8.76. The van der Waals surface area contributed by atoms with Gasteiger partial charge in [-0.3, -0.25) is 4.79 Å². The molecule has 1 aliphatic rings. The minimum atomic E-state index is -0.0215. The highest BCUT2D eigenvalue weighted by atomic mass is 16.5. The Balaban J connectivity index is 1.63. The first-order chi connectivity index (χ1) is 12.7. The summed E-state index contributed by atoms with van der Waals surface area (Å²) in [5.74, 6) is 2.18. The van der Waals surface area contributed by atoms with Crippen molar-refractivity contribution < 1.29 is 18.7 Å². The SMILES string of the molecule is COc1ccc(OCC(=O)N(Cc2ccco2)C2CCN(C)CC2)cc1. The summed E-state index contributed by atoms with van der Waals surface area (Å²) in [4.78, 5) is 17.1. The van der Waals surface area contributed by atoms with Gasteiger partial charge in [-0.2, -0.15) is 0 Å². The molecule has 1 amide bonds. The zero-order chi connectivity index (χ0) is 18.4. The molecular weight excluding hydrogens is 332 g/mol. The Hall–Kier alpha value is -2.47. The molecule has 2 aromatic rings. The number of ether oxygens (including phenoxy) is 2. The fourth-order valence-electron chi connectivity index (χ4n) is 3.20. The van der Waals surface area contributed by atoms with E-state index in [2.05, 4.69) is 11.9 Å². The van der Waals surface area contributed by atoms with Gasteiger partial charge in [0.05, 0.1) is 19.9 Å². The van der Waals surface area contributed by atoms with Crippen LogP contribution in [0.2, 0.25) is 0 Å². The largest absolute Gasteiger partial charge is 0.497 e. The third-order valence-corrected chi connectivity index (χ3v) is 4.78. The molecule has 0 unspecified atom stereocenters. The number of hydrogen-bond acceptors (Lipinski definition) is 5. The molecule has 1 fully saturated rings. The van der Waals surface area contributed by atoms with E-state index >= 15 is 0 Å². The van der Waals surface area contributed by atoms with Gasteiger partial charge < -0.3 is 23.7 Å². The monoisotopic (exact) mass is 358 g/mol. The summed E-state index contributed by atoms with van der Waals surface area (Å²) in [6.07, 6.45) is 3.57. The standard InChI is InChI=1S/C20H26N2O4/c1-21-11-9-16(10-12-21)22(14-19-4-3-13-25-19)20(23)15-26-18-7-5-17(24-2)6-8-18/h3-8,13,16H,9-12,14-15H2,1-2H3. The van der Waals surface area contributed by atoms with Crippen LogP contribution >= 0.6 is 0 Å². The molecule has 0 aliphatic carbocycles. The molecule has 0 N–H and O–H groups in total. The normalized spacial score (nSPS) is 15.6. The molecule has 1 saturated heterocycles. The van der Waals surface area contributed by atoms with Crippen molar-refractivity contribution in [2.75, 3.05) is 33.9 Å². The van der Waals surface area contributed by atoms with Crippen LogP contribution in [0.1, 0.15) is 18.6 Å². The van der Waals surface area contributed by atoms with E-state index in [1.165, 1.54) is 0 Å². The molecule has 2 heterocycles. The fourth-order valence-corrected chi connectivity index (χ4v) is 3.20. The smallest absolute Gasteiger partial charge is 0.261 e. The Labute approximate surface area is 154 Å². The van der Waals surface area contributed by atoms with E-state index in [1.807, 2.05) is 29.2 Å². The lowest BCUT2D eigenvalue weighted by Gasteiger charge is -2.37. The molecule has 26 heavy (non-hydrogen) atoms. The maximum atomic E-state index is 12.9. The van der Waals surface area contributed by atoms with Crippen LogP contribution < -0.4 is 9.47 Å². The Morgan fingerprint density at radius 3 is 2.50 bits per heavy atom. The Morgan fingerprint density at radius 2 is 1.88 bits per heavy atom. The van der Waals surface area contributed by atoms with Crippen molar-refractivity contribution in [1.29, 1.82) is 0 Å². The number of likely N-dealkylation sites (tertiary alicyclic amines) is 1. The summed E-state index contributed by atoms with van der Waals surface area (Å²) in [5.41, 5.74) is 0. The highest BCUT2D eigenvalue weighted by Crippen LogP contribution is 2.20. The number of amides is 1. The van der Waals surface area contributed by atoms with Crippen molar-refractivity contribution >= 4 is 5.91 Å². The Bertz CT molecular complexity index is 676. The predicted octanol–water partition coefficient (Wildman–Crippen LogP) is 2.79. The van der Waals surface area contributed by atoms with Crippen LogP contribution in [0.3, 0.4) is 0 Å². The van der Waals surface area contributed by atoms with Gasteiger partial charge in [0, 0.05) is 6.04 Å². The summed E-state index contributed by atoms with van der Waals surface area (Å²) in [5, 5.41) is 0. The molecule has 3 rings (SSSR count). The summed E-state index contributed by atoms with van der Waals surface area (Å²) in [6, 6.07) is 11.2. The van der Waals surface area contributed by atoms with Crippen LogP contribution in [-0.2, 0) is 11.3 Å². The van der Waals surface area contributed by atoms with Crippen LogP contribution in [0.5, 0.6) is 11.5 Å². The van der Waals surface area contributed by atoms with Crippen LogP contribution in [0.4, 0.5) is 0 Å². The van der Waals surface area contributed by atoms with Gasteiger partial charge in [0.1, 0.15) is 17.3 Å². The lowest BCUT2D eigenvalue weighted by atomic mass is 10.0. The zero-order valence-electron chi connectivity index (χ0n) is 15.4. The maximum absolute atomic E-state index is 12.9. The van der Waals surface area contributed by atoms with Gasteiger partial charge in [-0.1, -0.05) is 0 Å². The van der Waals surface area contributed by atoms with Crippen molar-refractivity contribution in [3.63, 3.8) is 0 Å². The number of nitrogens with zero attached hydrogens (tertiary/aromatic N) is 2. The Kier molecular flexibility index (Phi) is 6.17. The minimum absolute atomic E-state index is 0.0133. The number of carbonyl (C=O) groups excluding carboxylic acids is 1. The summed E-state index contributed by atoms with van der Waals surface area (Å²) in [6.45, 7) is 2.48. The quantitative estimate of drug-likeness (QED) is 0.762. The van der Waals surface area contributed by atoms with Gasteiger partial charge in [-0.05, 0) is 69.4 Å². The lowest BCUT2D eigenvalue weighted by Crippen LogP contribution is -2.47. The molecule has 1 aliphatic heterocycles. The molecule has 0 atom stereocenters. The first-order valence-electron chi connectivity index (χ1n) is 8.93. The second-order valence-corrected chi connectivity index (χ2v) is 6.60. The number of methoxy groups -OCH3 is 1. The van der Waals surface area contributed by atoms with E-state index in [0.29, 0.717) is 12.3 Å². The molecule has 6 heteroatoms. The van der Waals surface area contributed by atoms with Crippen LogP contribution in [0, 0.1) is 0 Å². The molecule has 0 radical (unpaired) electrons. The highest BCUT2D eigenvalue weighted by molar-refractivity contribution is 5.78. The van der Waals surface area contributed by atoms with Crippen molar-refractivity contribution in [3.05, 3.63) is 48.4 Å². The zero-order valence-corrected chi connectivity index (χ0v) is 15.4. The third kappa shape index (κ3) is 4.79. The minimum Gasteiger partial charge on any atom is -0.497 e. The summed E-state index contributed by atoms with van der Waals surface area (Å²) in [7, 11) is 3.73. The van der Waals surface area contributed by atoms with Gasteiger partial charge in [0.15, 0.2) is 6.61 Å². The van der Waals surface area contributed by atoms with Gasteiger partial charge >= 0.3 is 0 Å². The average Bonchev–Trinajstić information content (AvgIpc) is 3.19. The topological polar surface area (TPSA) is 55.2 Å². The molecule has 0 saturated carbocycles. The van der Waals surface area contributed by atoms with Gasteiger partial charge in [0.2, 0.25) is 0 Å². The Morgan fingerprint density at radius 1 is 1.19 bits per heavy atom. The van der Waals surface area contributed by atoms with Crippen molar-refractivity contribution in [2.45, 2.75) is 25.4 Å². The maximum Gasteiger partial charge on any atom is 0.261 e. The molecule has 6 nitrogen and oxygen atoms in total.